The Labute approximate surface area is 144 Å². The number of hydrogen-bond acceptors (Lipinski definition) is 4. The average Bonchev–Trinajstić information content (AvgIpc) is 2.57. The van der Waals surface area contributed by atoms with Gasteiger partial charge in [-0.05, 0) is 62.0 Å². The lowest BCUT2D eigenvalue weighted by Crippen LogP contribution is -2.43. The highest BCUT2D eigenvalue weighted by molar-refractivity contribution is 5.28. The molecule has 2 saturated heterocycles. The van der Waals surface area contributed by atoms with Crippen LogP contribution in [0, 0.1) is 18.7 Å². The Balaban J connectivity index is 1.44. The van der Waals surface area contributed by atoms with Gasteiger partial charge >= 0.3 is 0 Å². The summed E-state index contributed by atoms with van der Waals surface area (Å²) >= 11 is 0. The maximum Gasteiger partial charge on any atom is 0.123 e. The summed E-state index contributed by atoms with van der Waals surface area (Å²) in [5.74, 6) is 0.511. The Morgan fingerprint density at radius 2 is 1.88 bits per heavy atom. The number of benzene rings is 1. The largest absolute Gasteiger partial charge is 0.387 e. The molecule has 0 aromatic heterocycles. The molecule has 2 aliphatic rings. The number of morpholine rings is 1. The first-order chi connectivity index (χ1) is 11.6. The smallest absolute Gasteiger partial charge is 0.123 e. The van der Waals surface area contributed by atoms with E-state index >= 15 is 0 Å². The molecule has 1 unspecified atom stereocenters. The Morgan fingerprint density at radius 1 is 1.17 bits per heavy atom. The third kappa shape index (κ3) is 4.76. The standard InChI is InChI=1S/C19H29FN2O2/c1-15-12-17(20)2-3-18(15)19(23)14-21-6-4-16(5-7-21)13-22-8-10-24-11-9-22/h2-3,12,16,19,23H,4-11,13-14H2,1H3. The van der Waals surface area contributed by atoms with E-state index in [0.29, 0.717) is 6.54 Å². The van der Waals surface area contributed by atoms with Crippen molar-refractivity contribution in [3.8, 4) is 0 Å². The SMILES string of the molecule is Cc1cc(F)ccc1C(O)CN1CCC(CN2CCOCC2)CC1. The Hall–Kier alpha value is -1.01. The van der Waals surface area contributed by atoms with Crippen molar-refractivity contribution in [2.75, 3.05) is 52.5 Å². The first-order valence-electron chi connectivity index (χ1n) is 9.08. The second kappa shape index (κ2) is 8.39. The third-order valence-electron chi connectivity index (χ3n) is 5.35. The highest BCUT2D eigenvalue weighted by atomic mass is 19.1. The van der Waals surface area contributed by atoms with Crippen LogP contribution in [-0.2, 0) is 4.74 Å². The first-order valence-corrected chi connectivity index (χ1v) is 9.08. The molecule has 0 bridgehead atoms. The van der Waals surface area contributed by atoms with E-state index in [2.05, 4.69) is 9.80 Å². The van der Waals surface area contributed by atoms with E-state index in [1.807, 2.05) is 6.92 Å². The van der Waals surface area contributed by atoms with Gasteiger partial charge in [0.15, 0.2) is 0 Å². The molecule has 1 aromatic carbocycles. The van der Waals surface area contributed by atoms with Gasteiger partial charge in [-0.15, -0.1) is 0 Å². The lowest BCUT2D eigenvalue weighted by Gasteiger charge is -2.36. The summed E-state index contributed by atoms with van der Waals surface area (Å²) < 4.78 is 18.6. The minimum Gasteiger partial charge on any atom is -0.387 e. The van der Waals surface area contributed by atoms with Gasteiger partial charge in [0.25, 0.3) is 0 Å². The molecule has 134 valence electrons. The second-order valence-corrected chi connectivity index (χ2v) is 7.17. The zero-order chi connectivity index (χ0) is 16.9. The average molecular weight is 336 g/mol. The molecule has 1 atom stereocenters. The maximum atomic E-state index is 13.2. The molecular formula is C19H29FN2O2. The lowest BCUT2D eigenvalue weighted by molar-refractivity contribution is 0.0216. The minimum atomic E-state index is -0.540. The van der Waals surface area contributed by atoms with Crippen LogP contribution < -0.4 is 0 Å². The van der Waals surface area contributed by atoms with Gasteiger partial charge in [-0.25, -0.2) is 4.39 Å². The van der Waals surface area contributed by atoms with Gasteiger partial charge in [-0.1, -0.05) is 6.07 Å². The number of halogens is 1. The fourth-order valence-corrected chi connectivity index (χ4v) is 3.86. The van der Waals surface area contributed by atoms with Crippen LogP contribution in [0.4, 0.5) is 4.39 Å². The van der Waals surface area contributed by atoms with Gasteiger partial charge in [0.1, 0.15) is 5.82 Å². The summed E-state index contributed by atoms with van der Waals surface area (Å²) in [6, 6.07) is 4.63. The molecule has 0 aliphatic carbocycles. The van der Waals surface area contributed by atoms with E-state index < -0.39 is 6.10 Å². The summed E-state index contributed by atoms with van der Waals surface area (Å²) in [5.41, 5.74) is 1.66. The van der Waals surface area contributed by atoms with Crippen molar-refractivity contribution in [1.82, 2.24) is 9.80 Å². The van der Waals surface area contributed by atoms with Crippen LogP contribution in [0.3, 0.4) is 0 Å². The minimum absolute atomic E-state index is 0.243. The highest BCUT2D eigenvalue weighted by Gasteiger charge is 2.24. The van der Waals surface area contributed by atoms with Crippen LogP contribution in [0.2, 0.25) is 0 Å². The van der Waals surface area contributed by atoms with Crippen LogP contribution in [0.5, 0.6) is 0 Å². The van der Waals surface area contributed by atoms with Gasteiger partial charge in [0.2, 0.25) is 0 Å². The van der Waals surface area contributed by atoms with Crippen molar-refractivity contribution >= 4 is 0 Å². The van der Waals surface area contributed by atoms with Gasteiger partial charge in [-0.2, -0.15) is 0 Å². The van der Waals surface area contributed by atoms with Crippen molar-refractivity contribution in [2.45, 2.75) is 25.9 Å². The second-order valence-electron chi connectivity index (χ2n) is 7.17. The molecule has 0 spiro atoms. The number of aliphatic hydroxyl groups is 1. The number of hydrogen-bond donors (Lipinski definition) is 1. The summed E-state index contributed by atoms with van der Waals surface area (Å²) in [6.07, 6.45) is 1.83. The first kappa shape index (κ1) is 17.8. The van der Waals surface area contributed by atoms with E-state index in [1.165, 1.54) is 31.5 Å². The van der Waals surface area contributed by atoms with Crippen LogP contribution >= 0.6 is 0 Å². The monoisotopic (exact) mass is 336 g/mol. The lowest BCUT2D eigenvalue weighted by atomic mass is 9.95. The van der Waals surface area contributed by atoms with Crippen LogP contribution in [0.15, 0.2) is 18.2 Å². The van der Waals surface area contributed by atoms with E-state index in [0.717, 1.165) is 56.4 Å². The predicted octanol–water partition coefficient (Wildman–Crippen LogP) is 2.21. The van der Waals surface area contributed by atoms with Gasteiger partial charge in [0, 0.05) is 26.2 Å². The van der Waals surface area contributed by atoms with Crippen LogP contribution in [0.1, 0.15) is 30.1 Å². The molecule has 2 aliphatic heterocycles. The van der Waals surface area contributed by atoms with Crippen molar-refractivity contribution < 1.29 is 14.2 Å². The molecule has 2 heterocycles. The molecule has 4 nitrogen and oxygen atoms in total. The van der Waals surface area contributed by atoms with Gasteiger partial charge < -0.3 is 14.7 Å². The van der Waals surface area contributed by atoms with Gasteiger partial charge in [-0.3, -0.25) is 4.90 Å². The van der Waals surface area contributed by atoms with E-state index in [9.17, 15) is 9.50 Å². The number of aliphatic hydroxyl groups excluding tert-OH is 1. The summed E-state index contributed by atoms with van der Waals surface area (Å²) in [7, 11) is 0. The fraction of sp³-hybridized carbons (Fsp3) is 0.684. The van der Waals surface area contributed by atoms with E-state index in [4.69, 9.17) is 4.74 Å². The molecule has 1 N–H and O–H groups in total. The van der Waals surface area contributed by atoms with E-state index in [-0.39, 0.29) is 5.82 Å². The molecule has 5 heteroatoms. The van der Waals surface area contributed by atoms with Crippen molar-refractivity contribution in [3.63, 3.8) is 0 Å². The van der Waals surface area contributed by atoms with Crippen LogP contribution in [0.25, 0.3) is 0 Å². The molecule has 0 amide bonds. The van der Waals surface area contributed by atoms with Crippen molar-refractivity contribution in [3.05, 3.63) is 35.1 Å². The van der Waals surface area contributed by atoms with Crippen molar-refractivity contribution in [1.29, 1.82) is 0 Å². The number of nitrogens with zero attached hydrogens (tertiary/aromatic N) is 2. The Morgan fingerprint density at radius 3 is 2.54 bits per heavy atom. The number of aryl methyl sites for hydroxylation is 1. The maximum absolute atomic E-state index is 13.2. The molecule has 0 radical (unpaired) electrons. The van der Waals surface area contributed by atoms with Crippen molar-refractivity contribution in [2.24, 2.45) is 5.92 Å². The Kier molecular flexibility index (Phi) is 6.22. The quantitative estimate of drug-likeness (QED) is 0.894. The molecule has 0 saturated carbocycles. The van der Waals surface area contributed by atoms with Gasteiger partial charge in [0.05, 0.1) is 19.3 Å². The van der Waals surface area contributed by atoms with E-state index in [1.54, 1.807) is 6.07 Å². The number of piperidine rings is 1. The number of likely N-dealkylation sites (tertiary alicyclic amines) is 1. The molecule has 1 aromatic rings. The number of ether oxygens (including phenoxy) is 1. The molecule has 2 fully saturated rings. The summed E-state index contributed by atoms with van der Waals surface area (Å²) in [6.45, 7) is 9.58. The normalized spacial score (nSPS) is 22.6. The van der Waals surface area contributed by atoms with Crippen LogP contribution in [-0.4, -0.2) is 67.4 Å². The summed E-state index contributed by atoms with van der Waals surface area (Å²) in [4.78, 5) is 4.85. The molecular weight excluding hydrogens is 307 g/mol. The summed E-state index contributed by atoms with van der Waals surface area (Å²) in [5, 5.41) is 10.5. The topological polar surface area (TPSA) is 35.9 Å². The number of β-amino-alcohol motifs (C(OH)–C–C–N with tert-alkyl or cyclic N) is 1. The molecule has 24 heavy (non-hydrogen) atoms. The number of rotatable bonds is 5. The molecule has 3 rings (SSSR count). The zero-order valence-electron chi connectivity index (χ0n) is 14.6. The third-order valence-corrected chi connectivity index (χ3v) is 5.35. The zero-order valence-corrected chi connectivity index (χ0v) is 14.6. The Bertz CT molecular complexity index is 526. The fourth-order valence-electron chi connectivity index (χ4n) is 3.86. The highest BCUT2D eigenvalue weighted by Crippen LogP contribution is 2.23. The predicted molar refractivity (Wildman–Crippen MR) is 92.5 cm³/mol.